The molecule has 164 valence electrons. The van der Waals surface area contributed by atoms with Gasteiger partial charge in [0.25, 0.3) is 5.91 Å². The Morgan fingerprint density at radius 1 is 1.00 bits per heavy atom. The molecule has 2 aromatic carbocycles. The lowest BCUT2D eigenvalue weighted by atomic mass is 9.74. The van der Waals surface area contributed by atoms with Gasteiger partial charge >= 0.3 is 0 Å². The van der Waals surface area contributed by atoms with Crippen molar-refractivity contribution >= 4 is 33.3 Å². The van der Waals surface area contributed by atoms with E-state index in [1.807, 2.05) is 0 Å². The van der Waals surface area contributed by atoms with Crippen molar-refractivity contribution in [2.75, 3.05) is 0 Å². The molecule has 8 nitrogen and oxygen atoms in total. The molecule has 2 unspecified atom stereocenters. The van der Waals surface area contributed by atoms with Gasteiger partial charge in [-0.05, 0) is 74.2 Å². The van der Waals surface area contributed by atoms with Gasteiger partial charge < -0.3 is 4.74 Å². The second-order valence-corrected chi connectivity index (χ2v) is 10.1. The van der Waals surface area contributed by atoms with E-state index in [4.69, 9.17) is 16.3 Å². The minimum absolute atomic E-state index is 0.0196. The van der Waals surface area contributed by atoms with Crippen LogP contribution in [0.4, 0.5) is 0 Å². The van der Waals surface area contributed by atoms with Gasteiger partial charge in [-0.25, -0.2) is 13.9 Å². The average molecular weight is 465 g/mol. The zero-order chi connectivity index (χ0) is 22.2. The molecule has 2 atom stereocenters. The van der Waals surface area contributed by atoms with E-state index in [0.29, 0.717) is 29.4 Å². The number of nitrogens with one attached hydrogen (secondary N) is 2. The number of hydrogen-bond acceptors (Lipinski definition) is 6. The summed E-state index contributed by atoms with van der Waals surface area (Å²) >= 11 is 5.85. The normalized spacial score (nSPS) is 25.3. The van der Waals surface area contributed by atoms with Crippen molar-refractivity contribution in [3.05, 3.63) is 53.6 Å². The van der Waals surface area contributed by atoms with Crippen LogP contribution >= 0.6 is 11.6 Å². The highest BCUT2D eigenvalue weighted by atomic mass is 35.5. The summed E-state index contributed by atoms with van der Waals surface area (Å²) in [6.45, 7) is 0. The van der Waals surface area contributed by atoms with Gasteiger partial charge in [-0.1, -0.05) is 11.6 Å². The van der Waals surface area contributed by atoms with Crippen molar-refractivity contribution in [3.63, 3.8) is 0 Å². The third-order valence-electron chi connectivity index (χ3n) is 5.91. The largest absolute Gasteiger partial charge is 0.457 e. The Bertz CT molecular complexity index is 1090. The lowest BCUT2D eigenvalue weighted by Gasteiger charge is -2.38. The summed E-state index contributed by atoms with van der Waals surface area (Å²) in [7, 11) is -4.11. The fourth-order valence-corrected chi connectivity index (χ4v) is 5.93. The molecule has 3 N–H and O–H groups in total. The molecule has 0 saturated heterocycles. The van der Waals surface area contributed by atoms with Crippen molar-refractivity contribution in [2.45, 2.75) is 36.1 Å². The minimum atomic E-state index is -4.11. The van der Waals surface area contributed by atoms with Gasteiger partial charge in [0.05, 0.1) is 4.90 Å². The first kappa shape index (κ1) is 21.8. The standard InChI is InChI=1S/C21H21ClN2O6S/c22-15-3-5-16(6-4-15)30-17-7-9-18(10-8-17)31(28,29)24-21(20(26)23-27)11-13-1-2-14(12-21)19(13)25/h3-10,13-14,24,27H,1-2,11-12H2,(H,23,26). The van der Waals surface area contributed by atoms with Gasteiger partial charge in [0.2, 0.25) is 10.0 Å². The van der Waals surface area contributed by atoms with Crippen LogP contribution in [0.1, 0.15) is 25.7 Å². The zero-order valence-electron chi connectivity index (χ0n) is 16.4. The van der Waals surface area contributed by atoms with E-state index in [-0.39, 0.29) is 23.5 Å². The van der Waals surface area contributed by atoms with Crippen LogP contribution in [0, 0.1) is 11.8 Å². The predicted molar refractivity (Wildman–Crippen MR) is 111 cm³/mol. The van der Waals surface area contributed by atoms with Gasteiger partial charge in [0.1, 0.15) is 22.8 Å². The Labute approximate surface area is 184 Å². The summed E-state index contributed by atoms with van der Waals surface area (Å²) in [5.41, 5.74) is -0.0105. The van der Waals surface area contributed by atoms with Crippen LogP contribution in [0.15, 0.2) is 53.4 Å². The van der Waals surface area contributed by atoms with E-state index < -0.39 is 33.3 Å². The molecule has 1 amide bonds. The minimum Gasteiger partial charge on any atom is -0.457 e. The van der Waals surface area contributed by atoms with Crippen LogP contribution in [0.3, 0.4) is 0 Å². The molecule has 0 aliphatic heterocycles. The number of ketones is 1. The quantitative estimate of drug-likeness (QED) is 0.446. The fourth-order valence-electron chi connectivity index (χ4n) is 4.41. The number of fused-ring (bicyclic) bond motifs is 2. The fraction of sp³-hybridized carbons (Fsp3) is 0.333. The SMILES string of the molecule is O=C1C2CCC1CC(NS(=O)(=O)c1ccc(Oc3ccc(Cl)cc3)cc1)(C(=O)NO)C2. The third kappa shape index (κ3) is 4.31. The van der Waals surface area contributed by atoms with Gasteiger partial charge in [0, 0.05) is 16.9 Å². The van der Waals surface area contributed by atoms with Crippen molar-refractivity contribution in [1.29, 1.82) is 0 Å². The summed E-state index contributed by atoms with van der Waals surface area (Å²) in [4.78, 5) is 24.6. The Kier molecular flexibility index (Phi) is 5.78. The summed E-state index contributed by atoms with van der Waals surface area (Å²) in [5.74, 6) is -0.625. The Morgan fingerprint density at radius 2 is 1.52 bits per heavy atom. The molecule has 0 radical (unpaired) electrons. The van der Waals surface area contributed by atoms with Gasteiger partial charge in [-0.2, -0.15) is 4.72 Å². The number of Topliss-reactive ketones (excluding diaryl/α,β-unsaturated/α-hetero) is 1. The lowest BCUT2D eigenvalue weighted by molar-refractivity contribution is -0.140. The number of halogens is 1. The highest BCUT2D eigenvalue weighted by Crippen LogP contribution is 2.44. The predicted octanol–water partition coefficient (Wildman–Crippen LogP) is 3.04. The lowest BCUT2D eigenvalue weighted by Crippen LogP contribution is -2.61. The molecule has 0 heterocycles. The van der Waals surface area contributed by atoms with Crippen LogP contribution in [-0.4, -0.2) is 30.9 Å². The summed E-state index contributed by atoms with van der Waals surface area (Å²) < 4.78 is 34.2. The second kappa shape index (κ2) is 8.23. The highest BCUT2D eigenvalue weighted by molar-refractivity contribution is 7.89. The van der Waals surface area contributed by atoms with Crippen LogP contribution in [0.5, 0.6) is 11.5 Å². The van der Waals surface area contributed by atoms with Gasteiger partial charge in [-0.15, -0.1) is 0 Å². The second-order valence-electron chi connectivity index (χ2n) is 7.94. The molecular formula is C21H21ClN2O6S. The topological polar surface area (TPSA) is 122 Å². The number of amides is 1. The van der Waals surface area contributed by atoms with Gasteiger partial charge in [-0.3, -0.25) is 14.8 Å². The Morgan fingerprint density at radius 3 is 2.03 bits per heavy atom. The zero-order valence-corrected chi connectivity index (χ0v) is 17.9. The maximum Gasteiger partial charge on any atom is 0.264 e. The molecule has 2 bridgehead atoms. The monoisotopic (exact) mass is 464 g/mol. The summed E-state index contributed by atoms with van der Waals surface area (Å²) in [5, 5.41) is 9.80. The number of sulfonamides is 1. The molecule has 2 fully saturated rings. The molecule has 4 rings (SSSR count). The summed E-state index contributed by atoms with van der Waals surface area (Å²) in [6.07, 6.45) is 1.27. The van der Waals surface area contributed by atoms with E-state index in [1.54, 1.807) is 29.7 Å². The molecule has 2 aliphatic rings. The molecule has 0 aromatic heterocycles. The molecule has 0 spiro atoms. The van der Waals surface area contributed by atoms with Crippen molar-refractivity contribution < 1.29 is 28.0 Å². The maximum absolute atomic E-state index is 13.0. The van der Waals surface area contributed by atoms with Crippen molar-refractivity contribution in [1.82, 2.24) is 10.2 Å². The van der Waals surface area contributed by atoms with Crippen LogP contribution in [0.25, 0.3) is 0 Å². The third-order valence-corrected chi connectivity index (χ3v) is 7.71. The molecule has 31 heavy (non-hydrogen) atoms. The van der Waals surface area contributed by atoms with Crippen LogP contribution < -0.4 is 14.9 Å². The van der Waals surface area contributed by atoms with E-state index in [1.165, 1.54) is 24.3 Å². The number of benzene rings is 2. The first-order chi connectivity index (χ1) is 14.7. The number of hydrogen-bond donors (Lipinski definition) is 3. The number of carbonyl (C=O) groups excluding carboxylic acids is 2. The number of hydroxylamine groups is 1. The highest BCUT2D eigenvalue weighted by Gasteiger charge is 2.54. The van der Waals surface area contributed by atoms with Gasteiger partial charge in [0.15, 0.2) is 0 Å². The van der Waals surface area contributed by atoms with E-state index >= 15 is 0 Å². The molecule has 10 heteroatoms. The first-order valence-electron chi connectivity index (χ1n) is 9.78. The molecular weight excluding hydrogens is 444 g/mol. The maximum atomic E-state index is 13.0. The number of ether oxygens (including phenoxy) is 1. The van der Waals surface area contributed by atoms with Crippen molar-refractivity contribution in [2.24, 2.45) is 11.8 Å². The molecule has 2 saturated carbocycles. The van der Waals surface area contributed by atoms with E-state index in [0.717, 1.165) is 0 Å². The first-order valence-corrected chi connectivity index (χ1v) is 11.6. The average Bonchev–Trinajstić information content (AvgIpc) is 2.96. The smallest absolute Gasteiger partial charge is 0.264 e. The Balaban J connectivity index is 1.55. The van der Waals surface area contributed by atoms with E-state index in [2.05, 4.69) is 4.72 Å². The molecule has 2 aliphatic carbocycles. The number of carbonyl (C=O) groups is 2. The van der Waals surface area contributed by atoms with Crippen LogP contribution in [-0.2, 0) is 19.6 Å². The van der Waals surface area contributed by atoms with E-state index in [9.17, 15) is 23.2 Å². The Hall–Kier alpha value is -2.46. The molecule has 2 aromatic rings. The van der Waals surface area contributed by atoms with Crippen LogP contribution in [0.2, 0.25) is 5.02 Å². The van der Waals surface area contributed by atoms with Crippen molar-refractivity contribution in [3.8, 4) is 11.5 Å². The number of rotatable bonds is 6. The summed E-state index contributed by atoms with van der Waals surface area (Å²) in [6, 6.07) is 12.4.